The van der Waals surface area contributed by atoms with Crippen molar-refractivity contribution in [2.75, 3.05) is 0 Å². The fourth-order valence-electron chi connectivity index (χ4n) is 1.56. The third-order valence-electron chi connectivity index (χ3n) is 2.40. The Labute approximate surface area is 127 Å². The van der Waals surface area contributed by atoms with E-state index in [1.54, 1.807) is 18.2 Å². The molecule has 20 heavy (non-hydrogen) atoms. The lowest BCUT2D eigenvalue weighted by molar-refractivity contribution is -0.146. The molecule has 3 aromatic rings. The van der Waals surface area contributed by atoms with Crippen LogP contribution in [0, 0.1) is 0 Å². The molecule has 0 radical (unpaired) electrons. The summed E-state index contributed by atoms with van der Waals surface area (Å²) in [6.07, 6.45) is -4.61. The first-order valence-electron chi connectivity index (χ1n) is 5.11. The molecular weight excluding hydrogens is 381 g/mol. The minimum Gasteiger partial charge on any atom is -0.178 e. The van der Waals surface area contributed by atoms with Crippen LogP contribution >= 0.6 is 38.9 Å². The SMILES string of the molecule is FC(F)(F)c1nnc2sc(-c3cc(Br)ccc3Cl)nn12. The summed E-state index contributed by atoms with van der Waals surface area (Å²) >= 11 is 10.3. The van der Waals surface area contributed by atoms with Crippen LogP contribution in [0.25, 0.3) is 15.5 Å². The smallest absolute Gasteiger partial charge is 0.178 e. The van der Waals surface area contributed by atoms with Crippen LogP contribution < -0.4 is 0 Å². The van der Waals surface area contributed by atoms with E-state index in [0.29, 0.717) is 20.1 Å². The number of fused-ring (bicyclic) bond motifs is 1. The second-order valence-electron chi connectivity index (χ2n) is 3.75. The molecule has 2 aromatic heterocycles. The highest BCUT2D eigenvalue weighted by Gasteiger charge is 2.38. The lowest BCUT2D eigenvalue weighted by Crippen LogP contribution is -2.11. The highest BCUT2D eigenvalue weighted by molar-refractivity contribution is 9.10. The van der Waals surface area contributed by atoms with Gasteiger partial charge < -0.3 is 0 Å². The van der Waals surface area contributed by atoms with Gasteiger partial charge in [0.2, 0.25) is 4.96 Å². The first-order chi connectivity index (χ1) is 9.36. The predicted molar refractivity (Wildman–Crippen MR) is 71.8 cm³/mol. The van der Waals surface area contributed by atoms with Gasteiger partial charge in [-0.15, -0.1) is 10.2 Å². The van der Waals surface area contributed by atoms with Crippen molar-refractivity contribution < 1.29 is 13.2 Å². The largest absolute Gasteiger partial charge is 0.453 e. The van der Waals surface area contributed by atoms with Crippen LogP contribution in [0.15, 0.2) is 22.7 Å². The molecule has 2 heterocycles. The number of hydrogen-bond acceptors (Lipinski definition) is 4. The van der Waals surface area contributed by atoms with Crippen LogP contribution in [-0.4, -0.2) is 19.8 Å². The quantitative estimate of drug-likeness (QED) is 0.630. The van der Waals surface area contributed by atoms with Crippen LogP contribution in [0.3, 0.4) is 0 Å². The zero-order valence-corrected chi connectivity index (χ0v) is 12.5. The van der Waals surface area contributed by atoms with Gasteiger partial charge in [0.1, 0.15) is 5.01 Å². The lowest BCUT2D eigenvalue weighted by atomic mass is 10.2. The van der Waals surface area contributed by atoms with Gasteiger partial charge in [0.25, 0.3) is 5.82 Å². The number of rotatable bonds is 1. The number of nitrogens with zero attached hydrogens (tertiary/aromatic N) is 4. The van der Waals surface area contributed by atoms with E-state index in [0.717, 1.165) is 15.8 Å². The Balaban J connectivity index is 2.19. The number of benzene rings is 1. The molecule has 0 amide bonds. The molecule has 0 saturated heterocycles. The third kappa shape index (κ3) is 2.29. The van der Waals surface area contributed by atoms with Crippen molar-refractivity contribution in [2.45, 2.75) is 6.18 Å². The predicted octanol–water partition coefficient (Wildman–Crippen LogP) is 4.29. The maximum absolute atomic E-state index is 12.7. The second-order valence-corrected chi connectivity index (χ2v) is 6.03. The van der Waals surface area contributed by atoms with Gasteiger partial charge in [0, 0.05) is 10.0 Å². The minimum absolute atomic E-state index is 0.0587. The minimum atomic E-state index is -4.61. The van der Waals surface area contributed by atoms with Crippen molar-refractivity contribution in [1.29, 1.82) is 0 Å². The Kier molecular flexibility index (Phi) is 3.22. The van der Waals surface area contributed by atoms with Crippen LogP contribution in [0.5, 0.6) is 0 Å². The molecule has 0 saturated carbocycles. The molecule has 0 aliphatic carbocycles. The van der Waals surface area contributed by atoms with Crippen LogP contribution in [0.2, 0.25) is 5.02 Å². The molecular formula is C10H3BrClF3N4S. The zero-order valence-electron chi connectivity index (χ0n) is 9.32. The molecule has 1 aromatic carbocycles. The van der Waals surface area contributed by atoms with Crippen molar-refractivity contribution in [3.05, 3.63) is 33.5 Å². The third-order valence-corrected chi connectivity index (χ3v) is 4.16. The Morgan fingerprint density at radius 3 is 2.70 bits per heavy atom. The highest BCUT2D eigenvalue weighted by atomic mass is 79.9. The van der Waals surface area contributed by atoms with Gasteiger partial charge in [-0.25, -0.2) is 0 Å². The van der Waals surface area contributed by atoms with Gasteiger partial charge >= 0.3 is 6.18 Å². The maximum Gasteiger partial charge on any atom is 0.453 e. The van der Waals surface area contributed by atoms with Crippen molar-refractivity contribution >= 4 is 43.8 Å². The summed E-state index contributed by atoms with van der Waals surface area (Å²) in [6.45, 7) is 0. The average molecular weight is 384 g/mol. The summed E-state index contributed by atoms with van der Waals surface area (Å²) < 4.78 is 39.6. The lowest BCUT2D eigenvalue weighted by Gasteiger charge is -2.01. The molecule has 0 spiro atoms. The monoisotopic (exact) mass is 382 g/mol. The van der Waals surface area contributed by atoms with E-state index in [2.05, 4.69) is 31.2 Å². The molecule has 104 valence electrons. The molecule has 0 bridgehead atoms. The highest BCUT2D eigenvalue weighted by Crippen LogP contribution is 2.35. The van der Waals surface area contributed by atoms with E-state index < -0.39 is 12.0 Å². The van der Waals surface area contributed by atoms with Gasteiger partial charge in [0.15, 0.2) is 0 Å². The standard InChI is InChI=1S/C10H3BrClF3N4S/c11-4-1-2-6(12)5(3-4)7-18-19-8(10(13,14)15)16-17-9(19)20-7/h1-3H. The summed E-state index contributed by atoms with van der Waals surface area (Å²) in [4.78, 5) is 0.0587. The average Bonchev–Trinajstić information content (AvgIpc) is 2.89. The zero-order chi connectivity index (χ0) is 14.5. The number of hydrogen-bond donors (Lipinski definition) is 0. The van der Waals surface area contributed by atoms with Crippen LogP contribution in [0.1, 0.15) is 5.82 Å². The molecule has 0 aliphatic rings. The first-order valence-corrected chi connectivity index (χ1v) is 7.10. The Morgan fingerprint density at radius 1 is 1.25 bits per heavy atom. The number of aromatic nitrogens is 4. The molecule has 4 nitrogen and oxygen atoms in total. The van der Waals surface area contributed by atoms with Gasteiger partial charge in [-0.2, -0.15) is 22.8 Å². The van der Waals surface area contributed by atoms with Crippen molar-refractivity contribution in [3.63, 3.8) is 0 Å². The Morgan fingerprint density at radius 2 is 2.00 bits per heavy atom. The molecule has 0 fully saturated rings. The van der Waals surface area contributed by atoms with E-state index in [1.165, 1.54) is 0 Å². The van der Waals surface area contributed by atoms with Crippen molar-refractivity contribution in [2.24, 2.45) is 0 Å². The van der Waals surface area contributed by atoms with E-state index in [1.807, 2.05) is 0 Å². The summed E-state index contributed by atoms with van der Waals surface area (Å²) in [6, 6.07) is 5.04. The van der Waals surface area contributed by atoms with E-state index in [9.17, 15) is 13.2 Å². The summed E-state index contributed by atoms with van der Waals surface area (Å²) in [7, 11) is 0. The topological polar surface area (TPSA) is 43.1 Å². The van der Waals surface area contributed by atoms with Gasteiger partial charge in [-0.3, -0.25) is 0 Å². The summed E-state index contributed by atoms with van der Waals surface area (Å²) in [5.74, 6) is -1.15. The molecule has 10 heteroatoms. The van der Waals surface area contributed by atoms with E-state index in [-0.39, 0.29) is 4.96 Å². The summed E-state index contributed by atoms with van der Waals surface area (Å²) in [5.41, 5.74) is 0.532. The van der Waals surface area contributed by atoms with Gasteiger partial charge in [-0.05, 0) is 18.2 Å². The summed E-state index contributed by atoms with van der Waals surface area (Å²) in [5, 5.41) is 11.2. The normalized spacial score (nSPS) is 12.2. The van der Waals surface area contributed by atoms with Crippen molar-refractivity contribution in [3.8, 4) is 10.6 Å². The molecule has 0 unspecified atom stereocenters. The van der Waals surface area contributed by atoms with Gasteiger partial charge in [-0.1, -0.05) is 38.9 Å². The van der Waals surface area contributed by atoms with Crippen LogP contribution in [-0.2, 0) is 6.18 Å². The fourth-order valence-corrected chi connectivity index (χ4v) is 3.06. The maximum atomic E-state index is 12.7. The molecule has 0 aliphatic heterocycles. The van der Waals surface area contributed by atoms with Crippen LogP contribution in [0.4, 0.5) is 13.2 Å². The first kappa shape index (κ1) is 13.8. The van der Waals surface area contributed by atoms with E-state index in [4.69, 9.17) is 11.6 Å². The second kappa shape index (κ2) is 4.68. The fraction of sp³-hybridized carbons (Fsp3) is 0.100. The van der Waals surface area contributed by atoms with E-state index >= 15 is 0 Å². The van der Waals surface area contributed by atoms with Gasteiger partial charge in [0.05, 0.1) is 5.02 Å². The Hall–Kier alpha value is -1.19. The molecule has 0 atom stereocenters. The molecule has 3 rings (SSSR count). The number of halogens is 5. The van der Waals surface area contributed by atoms with Crippen molar-refractivity contribution in [1.82, 2.24) is 19.8 Å². The molecule has 0 N–H and O–H groups in total. The number of alkyl halides is 3. The Bertz CT molecular complexity index is 797.